The summed E-state index contributed by atoms with van der Waals surface area (Å²) in [4.78, 5) is 44.1. The minimum absolute atomic E-state index is 0.0421. The molecular formula is C26H34ClN3O4. The Hall–Kier alpha value is -2.38. The van der Waals surface area contributed by atoms with E-state index in [1.165, 1.54) is 18.9 Å². The van der Waals surface area contributed by atoms with E-state index in [9.17, 15) is 14.4 Å². The molecule has 1 saturated carbocycles. The Bertz CT molecular complexity index is 936. The van der Waals surface area contributed by atoms with E-state index >= 15 is 0 Å². The van der Waals surface area contributed by atoms with E-state index in [0.29, 0.717) is 36.7 Å². The molecule has 1 unspecified atom stereocenters. The molecule has 1 aromatic rings. The molecule has 1 spiro atoms. The van der Waals surface area contributed by atoms with E-state index in [-0.39, 0.29) is 36.6 Å². The van der Waals surface area contributed by atoms with Gasteiger partial charge < -0.3 is 19.4 Å². The number of carbonyl (C=O) groups is 3. The molecule has 3 fully saturated rings. The Balaban J connectivity index is 1.34. The highest BCUT2D eigenvalue weighted by atomic mass is 35.5. The number of hydrogen-bond donors (Lipinski definition) is 0. The fraction of sp³-hybridized carbons (Fsp3) is 0.577. The smallest absolute Gasteiger partial charge is 0.246 e. The number of nitrogens with zero attached hydrogens (tertiary/aromatic N) is 3. The normalized spacial score (nSPS) is 21.1. The summed E-state index contributed by atoms with van der Waals surface area (Å²) in [6.07, 6.45) is 8.53. The predicted molar refractivity (Wildman–Crippen MR) is 131 cm³/mol. The van der Waals surface area contributed by atoms with Crippen molar-refractivity contribution in [3.05, 3.63) is 40.9 Å². The highest BCUT2D eigenvalue weighted by Crippen LogP contribution is 2.53. The van der Waals surface area contributed by atoms with Crippen molar-refractivity contribution in [3.63, 3.8) is 0 Å². The summed E-state index contributed by atoms with van der Waals surface area (Å²) in [5, 5.41) is 0.612. The van der Waals surface area contributed by atoms with Gasteiger partial charge in [0.2, 0.25) is 17.7 Å². The van der Waals surface area contributed by atoms with Crippen molar-refractivity contribution in [2.24, 2.45) is 5.41 Å². The first kappa shape index (κ1) is 24.7. The molecule has 184 valence electrons. The van der Waals surface area contributed by atoms with Crippen molar-refractivity contribution in [2.45, 2.75) is 44.6 Å². The number of piperidine rings is 1. The minimum atomic E-state index is -0.320. The van der Waals surface area contributed by atoms with Crippen LogP contribution in [0.25, 0.3) is 6.08 Å². The average molecular weight is 488 g/mol. The first-order valence-corrected chi connectivity index (χ1v) is 12.6. The number of likely N-dealkylation sites (tertiary alicyclic amines) is 1. The Morgan fingerprint density at radius 3 is 2.53 bits per heavy atom. The first-order chi connectivity index (χ1) is 16.4. The maximum atomic E-state index is 13.0. The van der Waals surface area contributed by atoms with Gasteiger partial charge in [0.25, 0.3) is 0 Å². The zero-order valence-corrected chi connectivity index (χ0v) is 20.6. The van der Waals surface area contributed by atoms with Gasteiger partial charge in [-0.25, -0.2) is 0 Å². The number of rotatable bonds is 7. The number of halogens is 1. The molecule has 0 radical (unpaired) electrons. The van der Waals surface area contributed by atoms with Crippen LogP contribution in [0.15, 0.2) is 30.3 Å². The molecule has 3 amide bonds. The van der Waals surface area contributed by atoms with Crippen LogP contribution in [-0.4, -0.2) is 84.9 Å². The molecule has 2 heterocycles. The third-order valence-electron chi connectivity index (χ3n) is 7.45. The molecule has 4 rings (SSSR count). The largest absolute Gasteiger partial charge is 0.383 e. The minimum Gasteiger partial charge on any atom is -0.383 e. The summed E-state index contributed by atoms with van der Waals surface area (Å²) in [5.41, 5.74) is 1.36. The van der Waals surface area contributed by atoms with Crippen molar-refractivity contribution >= 4 is 35.4 Å². The number of amides is 3. The van der Waals surface area contributed by atoms with Crippen molar-refractivity contribution < 1.29 is 19.1 Å². The maximum Gasteiger partial charge on any atom is 0.246 e. The Labute approximate surface area is 206 Å². The quantitative estimate of drug-likeness (QED) is 0.554. The zero-order chi connectivity index (χ0) is 24.1. The maximum absolute atomic E-state index is 13.0. The van der Waals surface area contributed by atoms with Gasteiger partial charge in [-0.1, -0.05) is 23.7 Å². The molecule has 0 bridgehead atoms. The Morgan fingerprint density at radius 2 is 1.85 bits per heavy atom. The van der Waals surface area contributed by atoms with Crippen molar-refractivity contribution in [1.82, 2.24) is 14.7 Å². The molecule has 34 heavy (non-hydrogen) atoms. The van der Waals surface area contributed by atoms with Crippen molar-refractivity contribution in [2.75, 3.05) is 46.4 Å². The SMILES string of the molecule is COCC(CC(=O)N1CCC2(CC1)CC2)N1CCN(C(=O)/C=C/c2cccc(Cl)c2)CCC1=O. The molecule has 7 nitrogen and oxygen atoms in total. The van der Waals surface area contributed by atoms with Crippen molar-refractivity contribution in [1.29, 1.82) is 0 Å². The molecule has 0 aromatic heterocycles. The van der Waals surface area contributed by atoms with Crippen LogP contribution in [0.3, 0.4) is 0 Å². The van der Waals surface area contributed by atoms with Gasteiger partial charge in [0, 0.05) is 63.8 Å². The number of hydrogen-bond acceptors (Lipinski definition) is 4. The highest BCUT2D eigenvalue weighted by molar-refractivity contribution is 6.30. The lowest BCUT2D eigenvalue weighted by atomic mass is 9.93. The van der Waals surface area contributed by atoms with Gasteiger partial charge in [0.15, 0.2) is 0 Å². The van der Waals surface area contributed by atoms with E-state index in [1.807, 2.05) is 17.0 Å². The van der Waals surface area contributed by atoms with Crippen molar-refractivity contribution in [3.8, 4) is 0 Å². The molecule has 1 aliphatic carbocycles. The van der Waals surface area contributed by atoms with Gasteiger partial charge >= 0.3 is 0 Å². The zero-order valence-electron chi connectivity index (χ0n) is 19.9. The molecule has 1 atom stereocenters. The number of ether oxygens (including phenoxy) is 1. The van der Waals surface area contributed by atoms with E-state index in [1.54, 1.807) is 35.1 Å². The summed E-state index contributed by atoms with van der Waals surface area (Å²) in [5.74, 6) is -0.0946. The van der Waals surface area contributed by atoms with Gasteiger partial charge in [-0.3, -0.25) is 14.4 Å². The van der Waals surface area contributed by atoms with Crippen LogP contribution >= 0.6 is 11.6 Å². The lowest BCUT2D eigenvalue weighted by molar-refractivity contribution is -0.139. The van der Waals surface area contributed by atoms with Gasteiger partial charge in [0.05, 0.1) is 12.6 Å². The van der Waals surface area contributed by atoms with Crippen LogP contribution in [0.4, 0.5) is 0 Å². The van der Waals surface area contributed by atoms with E-state index in [2.05, 4.69) is 0 Å². The predicted octanol–water partition coefficient (Wildman–Crippen LogP) is 3.22. The molecular weight excluding hydrogens is 454 g/mol. The van der Waals surface area contributed by atoms with Crippen LogP contribution < -0.4 is 0 Å². The summed E-state index contributed by atoms with van der Waals surface area (Å²) in [7, 11) is 1.59. The molecule has 3 aliphatic rings. The molecule has 1 aromatic carbocycles. The molecule has 0 N–H and O–H groups in total. The summed E-state index contributed by atoms with van der Waals surface area (Å²) < 4.78 is 5.38. The molecule has 2 aliphatic heterocycles. The summed E-state index contributed by atoms with van der Waals surface area (Å²) >= 11 is 6.01. The summed E-state index contributed by atoms with van der Waals surface area (Å²) in [6.45, 7) is 3.10. The second kappa shape index (κ2) is 10.9. The van der Waals surface area contributed by atoms with Gasteiger partial charge in [-0.15, -0.1) is 0 Å². The lowest BCUT2D eigenvalue weighted by Gasteiger charge is -2.35. The molecule has 2 saturated heterocycles. The van der Waals surface area contributed by atoms with E-state index in [4.69, 9.17) is 16.3 Å². The van der Waals surface area contributed by atoms with Gasteiger partial charge in [-0.2, -0.15) is 0 Å². The topological polar surface area (TPSA) is 70.2 Å². The first-order valence-electron chi connectivity index (χ1n) is 12.2. The molecule has 8 heteroatoms. The highest BCUT2D eigenvalue weighted by Gasteiger charge is 2.45. The van der Waals surface area contributed by atoms with E-state index < -0.39 is 0 Å². The fourth-order valence-electron chi connectivity index (χ4n) is 5.02. The summed E-state index contributed by atoms with van der Waals surface area (Å²) in [6, 6.07) is 6.96. The second-order valence-electron chi connectivity index (χ2n) is 9.74. The van der Waals surface area contributed by atoms with Gasteiger partial charge in [0.1, 0.15) is 0 Å². The second-order valence-corrected chi connectivity index (χ2v) is 10.2. The third kappa shape index (κ3) is 6.19. The van der Waals surface area contributed by atoms with Crippen LogP contribution in [0, 0.1) is 5.41 Å². The van der Waals surface area contributed by atoms with Crippen LogP contribution in [0.5, 0.6) is 0 Å². The third-order valence-corrected chi connectivity index (χ3v) is 7.68. The van der Waals surface area contributed by atoms with Gasteiger partial charge in [-0.05, 0) is 54.9 Å². The van der Waals surface area contributed by atoms with E-state index in [0.717, 1.165) is 31.5 Å². The average Bonchev–Trinajstić information content (AvgIpc) is 3.61. The Kier molecular flexibility index (Phi) is 7.94. The van der Waals surface area contributed by atoms with Crippen LogP contribution in [0.1, 0.15) is 44.1 Å². The standard InChI is InChI=1S/C26H34ClN3O4/c1-34-19-22(18-25(33)29-13-10-26(8-9-26)11-14-29)30-16-15-28(12-7-24(30)32)23(31)6-5-20-3-2-4-21(27)17-20/h2-6,17,22H,7-16,18-19H2,1H3/b6-5+. The fourth-order valence-corrected chi connectivity index (χ4v) is 5.22. The Morgan fingerprint density at radius 1 is 1.09 bits per heavy atom. The van der Waals surface area contributed by atoms with Crippen LogP contribution in [0.2, 0.25) is 5.02 Å². The number of benzene rings is 1. The monoisotopic (exact) mass is 487 g/mol. The number of methoxy groups -OCH3 is 1. The van der Waals surface area contributed by atoms with Crippen LogP contribution in [-0.2, 0) is 19.1 Å². The lowest BCUT2D eigenvalue weighted by Crippen LogP contribution is -2.48. The number of carbonyl (C=O) groups excluding carboxylic acids is 3.